The van der Waals surface area contributed by atoms with Crippen molar-refractivity contribution in [2.45, 2.75) is 75.9 Å². The van der Waals surface area contributed by atoms with Crippen LogP contribution < -0.4 is 11.1 Å². The zero-order valence-electron chi connectivity index (χ0n) is 25.9. The second-order valence-electron chi connectivity index (χ2n) is 11.2. The van der Waals surface area contributed by atoms with Gasteiger partial charge in [-0.15, -0.1) is 28.2 Å². The van der Waals surface area contributed by atoms with Crippen molar-refractivity contribution >= 4 is 63.7 Å². The second kappa shape index (κ2) is 15.9. The minimum absolute atomic E-state index is 0.0233. The highest BCUT2D eigenvalue weighted by Gasteiger charge is 2.54. The van der Waals surface area contributed by atoms with Crippen LogP contribution in [0, 0.1) is 5.92 Å². The number of ether oxygens (including phenoxy) is 2. The number of thioether (sulfide) groups is 2. The molecule has 0 bridgehead atoms. The maximum absolute atomic E-state index is 13.8. The van der Waals surface area contributed by atoms with Crippen LogP contribution in [0.1, 0.15) is 45.7 Å². The number of nitrogens with zero attached hydrogens (tertiary/aromatic N) is 7. The van der Waals surface area contributed by atoms with Gasteiger partial charge in [0, 0.05) is 36.3 Å². The largest absolute Gasteiger partial charge is 0.425 e. The van der Waals surface area contributed by atoms with E-state index in [-0.39, 0.29) is 30.4 Å². The Morgan fingerprint density at radius 3 is 2.71 bits per heavy atom. The molecule has 15 nitrogen and oxygen atoms in total. The number of nitrogens with one attached hydrogen (secondary N) is 1. The fourth-order valence-electron chi connectivity index (χ4n) is 4.54. The number of likely N-dealkylation sites (N-methyl/N-ethyl adjacent to an activating group) is 1. The van der Waals surface area contributed by atoms with Gasteiger partial charge in [0.25, 0.3) is 5.91 Å². The van der Waals surface area contributed by atoms with Gasteiger partial charge in [0.05, 0.1) is 18.7 Å². The Morgan fingerprint density at radius 2 is 2.04 bits per heavy atom. The summed E-state index contributed by atoms with van der Waals surface area (Å²) < 4.78 is 12.9. The quantitative estimate of drug-likeness (QED) is 0.112. The molecule has 3 N–H and O–H groups in total. The number of aromatic nitrogens is 5. The van der Waals surface area contributed by atoms with Crippen molar-refractivity contribution in [3.05, 3.63) is 22.3 Å². The van der Waals surface area contributed by atoms with Crippen molar-refractivity contribution in [1.29, 1.82) is 0 Å². The fourth-order valence-corrected chi connectivity index (χ4v) is 7.49. The molecule has 3 atom stereocenters. The van der Waals surface area contributed by atoms with Crippen LogP contribution in [0.15, 0.2) is 21.8 Å². The van der Waals surface area contributed by atoms with Gasteiger partial charge in [0.15, 0.2) is 5.13 Å². The van der Waals surface area contributed by atoms with Crippen LogP contribution in [0.3, 0.4) is 0 Å². The summed E-state index contributed by atoms with van der Waals surface area (Å²) in [6, 6.07) is -0.830. The Labute approximate surface area is 274 Å². The fraction of sp³-hybridized carbons (Fsp3) is 0.630. The van der Waals surface area contributed by atoms with Crippen molar-refractivity contribution < 1.29 is 28.7 Å². The molecule has 2 aromatic rings. The molecule has 2 amide bonds. The number of tetrazole rings is 1. The number of rotatable bonds is 16. The van der Waals surface area contributed by atoms with Gasteiger partial charge in [-0.05, 0) is 42.4 Å². The zero-order valence-corrected chi connectivity index (χ0v) is 28.4. The van der Waals surface area contributed by atoms with Crippen LogP contribution in [-0.4, -0.2) is 109 Å². The van der Waals surface area contributed by atoms with Gasteiger partial charge in [-0.3, -0.25) is 19.3 Å². The Morgan fingerprint density at radius 1 is 1.27 bits per heavy atom. The molecule has 2 aromatic heterocycles. The van der Waals surface area contributed by atoms with Crippen molar-refractivity contribution in [1.82, 2.24) is 40.3 Å². The minimum atomic E-state index is -1.10. The SMILES string of the molecule is CCCC(OC(=O)CC(C)C)OC(=O)C1=C(CSc2nnnn2CCN(C)C)CS[C@@H]2[C@H](NC(=O)Cc3csc(N)n3)C(=O)N12. The summed E-state index contributed by atoms with van der Waals surface area (Å²) in [6.45, 7) is 6.98. The topological polar surface area (TPSA) is 188 Å². The predicted molar refractivity (Wildman–Crippen MR) is 170 cm³/mol. The molecule has 0 radical (unpaired) electrons. The van der Waals surface area contributed by atoms with Crippen LogP contribution in [0.2, 0.25) is 0 Å². The number of anilines is 1. The van der Waals surface area contributed by atoms with E-state index in [0.29, 0.717) is 52.4 Å². The summed E-state index contributed by atoms with van der Waals surface area (Å²) in [7, 11) is 3.91. The third kappa shape index (κ3) is 9.17. The van der Waals surface area contributed by atoms with Crippen LogP contribution in [0.25, 0.3) is 0 Å². The van der Waals surface area contributed by atoms with E-state index in [0.717, 1.165) is 6.54 Å². The number of carbonyl (C=O) groups excluding carboxylic acids is 4. The first kappa shape index (κ1) is 34.6. The first-order valence-electron chi connectivity index (χ1n) is 14.6. The number of hydrogen-bond donors (Lipinski definition) is 2. The van der Waals surface area contributed by atoms with E-state index in [1.165, 1.54) is 39.8 Å². The lowest BCUT2D eigenvalue weighted by molar-refractivity contribution is -0.189. The summed E-state index contributed by atoms with van der Waals surface area (Å²) in [5, 5.41) is 16.9. The molecule has 0 aromatic carbocycles. The smallest absolute Gasteiger partial charge is 0.358 e. The van der Waals surface area contributed by atoms with E-state index >= 15 is 0 Å². The lowest BCUT2D eigenvalue weighted by Crippen LogP contribution is -2.70. The van der Waals surface area contributed by atoms with Gasteiger partial charge in [-0.25, -0.2) is 14.5 Å². The number of fused-ring (bicyclic) bond motifs is 1. The average molecular weight is 682 g/mol. The zero-order chi connectivity index (χ0) is 32.7. The minimum Gasteiger partial charge on any atom is -0.425 e. The Kier molecular flexibility index (Phi) is 12.2. The number of thiazole rings is 1. The molecule has 0 saturated carbocycles. The van der Waals surface area contributed by atoms with Crippen LogP contribution >= 0.6 is 34.9 Å². The van der Waals surface area contributed by atoms with Gasteiger partial charge in [0.2, 0.25) is 17.4 Å². The number of β-lactam (4-membered cyclic amide) rings is 1. The van der Waals surface area contributed by atoms with Gasteiger partial charge in [-0.1, -0.05) is 32.5 Å². The molecule has 1 unspecified atom stereocenters. The molecule has 2 aliphatic rings. The summed E-state index contributed by atoms with van der Waals surface area (Å²) in [4.78, 5) is 59.9. The molecule has 4 heterocycles. The number of amides is 2. The van der Waals surface area contributed by atoms with E-state index in [1.54, 1.807) is 10.1 Å². The molecule has 4 rings (SSSR count). The maximum atomic E-state index is 13.8. The Bertz CT molecular complexity index is 1410. The highest BCUT2D eigenvalue weighted by atomic mass is 32.2. The van der Waals surface area contributed by atoms with Gasteiger partial charge in [0.1, 0.15) is 17.1 Å². The summed E-state index contributed by atoms with van der Waals surface area (Å²) in [5.74, 6) is -1.27. The summed E-state index contributed by atoms with van der Waals surface area (Å²) in [5.41, 5.74) is 6.92. The molecule has 1 saturated heterocycles. The van der Waals surface area contributed by atoms with Crippen LogP contribution in [0.4, 0.5) is 5.13 Å². The molecule has 246 valence electrons. The summed E-state index contributed by atoms with van der Waals surface area (Å²) >= 11 is 4.01. The molecule has 18 heteroatoms. The molecular weight excluding hydrogens is 643 g/mol. The molecule has 1 fully saturated rings. The highest BCUT2D eigenvalue weighted by Crippen LogP contribution is 2.42. The number of nitrogens with two attached hydrogens (primary N) is 1. The van der Waals surface area contributed by atoms with E-state index in [1.807, 2.05) is 39.8 Å². The molecule has 45 heavy (non-hydrogen) atoms. The van der Waals surface area contributed by atoms with Gasteiger partial charge in [-0.2, -0.15) is 0 Å². The van der Waals surface area contributed by atoms with Crippen molar-refractivity contribution in [2.24, 2.45) is 5.92 Å². The first-order valence-corrected chi connectivity index (χ1v) is 17.5. The number of esters is 2. The normalized spacial score (nSPS) is 18.6. The Hall–Kier alpha value is -3.22. The van der Waals surface area contributed by atoms with E-state index in [2.05, 4.69) is 25.8 Å². The first-order chi connectivity index (χ1) is 21.5. The van der Waals surface area contributed by atoms with E-state index in [9.17, 15) is 19.2 Å². The van der Waals surface area contributed by atoms with Crippen molar-refractivity contribution in [3.8, 4) is 0 Å². The van der Waals surface area contributed by atoms with Crippen molar-refractivity contribution in [3.63, 3.8) is 0 Å². The lowest BCUT2D eigenvalue weighted by atomic mass is 10.0. The number of hydrogen-bond acceptors (Lipinski definition) is 15. The monoisotopic (exact) mass is 681 g/mol. The number of nitrogen functional groups attached to an aromatic ring is 1. The van der Waals surface area contributed by atoms with Gasteiger partial charge < -0.3 is 25.4 Å². The molecule has 0 aliphatic carbocycles. The predicted octanol–water partition coefficient (Wildman–Crippen LogP) is 1.52. The lowest BCUT2D eigenvalue weighted by Gasteiger charge is -2.49. The average Bonchev–Trinajstić information content (AvgIpc) is 3.60. The van der Waals surface area contributed by atoms with Gasteiger partial charge >= 0.3 is 11.9 Å². The maximum Gasteiger partial charge on any atom is 0.358 e. The Balaban J connectivity index is 1.53. The van der Waals surface area contributed by atoms with E-state index in [4.69, 9.17) is 15.2 Å². The molecule has 2 aliphatic heterocycles. The highest BCUT2D eigenvalue weighted by molar-refractivity contribution is 8.01. The van der Waals surface area contributed by atoms with Crippen LogP contribution in [0.5, 0.6) is 0 Å². The second-order valence-corrected chi connectivity index (χ2v) is 14.2. The standard InChI is InChI=1S/C27H39N9O6S3/c1-6-7-20(41-19(38)10-15(2)3)42-25(40)22-16(13-45-27-31-32-33-35(27)9-8-34(4)5)12-43-24-21(23(39)36(22)24)30-18(37)11-17-14-44-26(28)29-17/h14-15,20-21,24H,6-13H2,1-5H3,(H2,28,29)(H,30,37)/t20?,21-,24-/m1/s1. The van der Waals surface area contributed by atoms with Crippen LogP contribution in [-0.2, 0) is 41.6 Å². The molecular formula is C27H39N9O6S3. The molecule has 0 spiro atoms. The van der Waals surface area contributed by atoms with Crippen molar-refractivity contribution in [2.75, 3.05) is 37.9 Å². The van der Waals surface area contributed by atoms with E-state index < -0.39 is 35.6 Å². The number of carbonyl (C=O) groups is 4. The third-order valence-electron chi connectivity index (χ3n) is 6.70. The third-order valence-corrected chi connectivity index (χ3v) is 9.81. The summed E-state index contributed by atoms with van der Waals surface area (Å²) in [6.07, 6.45) is -0.0315.